The molecule has 0 fully saturated rings. The Bertz CT molecular complexity index is 1190. The minimum atomic E-state index is -1.03. The number of nitrogens with zero attached hydrogens (tertiary/aromatic N) is 1. The van der Waals surface area contributed by atoms with Crippen molar-refractivity contribution in [2.24, 2.45) is 5.73 Å². The van der Waals surface area contributed by atoms with Crippen molar-refractivity contribution in [2.45, 2.75) is 12.5 Å². The molecule has 186 valence electrons. The van der Waals surface area contributed by atoms with Gasteiger partial charge in [-0.2, -0.15) is 0 Å². The van der Waals surface area contributed by atoms with Crippen LogP contribution in [0.4, 0.5) is 5.69 Å². The summed E-state index contributed by atoms with van der Waals surface area (Å²) in [7, 11) is 6.02. The summed E-state index contributed by atoms with van der Waals surface area (Å²) in [6, 6.07) is 7.59. The molecule has 0 radical (unpaired) electrons. The van der Waals surface area contributed by atoms with Gasteiger partial charge in [-0.1, -0.05) is 11.2 Å². The van der Waals surface area contributed by atoms with Crippen LogP contribution in [0.15, 0.2) is 41.1 Å². The smallest absolute Gasteiger partial charge is 0.243 e. The van der Waals surface area contributed by atoms with Gasteiger partial charge in [0, 0.05) is 11.1 Å². The van der Waals surface area contributed by atoms with Crippen LogP contribution in [0.2, 0.25) is 0 Å². The maximum Gasteiger partial charge on any atom is 0.243 e. The summed E-state index contributed by atoms with van der Waals surface area (Å²) < 4.78 is 26.9. The van der Waals surface area contributed by atoms with E-state index in [4.69, 9.17) is 41.0 Å². The molecule has 4 N–H and O–H groups in total. The molecule has 2 aromatic carbocycles. The van der Waals surface area contributed by atoms with Crippen molar-refractivity contribution in [1.82, 2.24) is 9.99 Å². The zero-order chi connectivity index (χ0) is 25.5. The number of rotatable bonds is 11. The van der Waals surface area contributed by atoms with Crippen LogP contribution in [0.1, 0.15) is 6.42 Å². The molecular weight excluding hydrogens is 480 g/mol. The summed E-state index contributed by atoms with van der Waals surface area (Å²) in [5.41, 5.74) is 7.97. The van der Waals surface area contributed by atoms with E-state index in [1.54, 1.807) is 30.3 Å². The first-order valence-electron chi connectivity index (χ1n) is 10.2. The predicted octanol–water partition coefficient (Wildman–Crippen LogP) is 2.97. The molecule has 1 heterocycles. The van der Waals surface area contributed by atoms with E-state index in [0.717, 1.165) is 0 Å². The van der Waals surface area contributed by atoms with Gasteiger partial charge in [0.05, 0.1) is 40.5 Å². The summed E-state index contributed by atoms with van der Waals surface area (Å²) in [6.45, 7) is 0. The van der Waals surface area contributed by atoms with Crippen molar-refractivity contribution in [3.8, 4) is 45.4 Å². The second-order valence-electron chi connectivity index (χ2n) is 7.23. The number of benzene rings is 2. The van der Waals surface area contributed by atoms with Crippen LogP contribution in [0.3, 0.4) is 0 Å². The number of aromatic nitrogens is 1. The molecule has 0 aliphatic heterocycles. The lowest BCUT2D eigenvalue weighted by atomic mass is 10.00. The molecular formula is C23H25ClN4O7. The normalized spacial score (nSPS) is 11.5. The molecule has 11 nitrogen and oxygen atoms in total. The lowest BCUT2D eigenvalue weighted by Crippen LogP contribution is -2.39. The molecule has 35 heavy (non-hydrogen) atoms. The predicted molar refractivity (Wildman–Crippen MR) is 129 cm³/mol. The van der Waals surface area contributed by atoms with Crippen molar-refractivity contribution in [3.63, 3.8) is 0 Å². The molecule has 12 heteroatoms. The third-order valence-corrected chi connectivity index (χ3v) is 5.39. The summed E-state index contributed by atoms with van der Waals surface area (Å²) in [5, 5.41) is 6.86. The number of carbonyl (C=O) groups excluding carboxylic acids is 2. The van der Waals surface area contributed by atoms with E-state index < -0.39 is 17.9 Å². The summed E-state index contributed by atoms with van der Waals surface area (Å²) >= 11 is 5.62. The van der Waals surface area contributed by atoms with Gasteiger partial charge >= 0.3 is 0 Å². The molecule has 0 spiro atoms. The largest absolute Gasteiger partial charge is 0.495 e. The first kappa shape index (κ1) is 25.7. The second kappa shape index (κ2) is 11.4. The number of methoxy groups -OCH3 is 4. The number of nitrogens with two attached hydrogens (primary N) is 1. The van der Waals surface area contributed by atoms with Gasteiger partial charge in [-0.15, -0.1) is 0 Å². The van der Waals surface area contributed by atoms with E-state index in [9.17, 15) is 9.59 Å². The lowest BCUT2D eigenvalue weighted by Gasteiger charge is -2.16. The van der Waals surface area contributed by atoms with Crippen LogP contribution in [0, 0.1) is 0 Å². The molecule has 0 bridgehead atoms. The highest BCUT2D eigenvalue weighted by Crippen LogP contribution is 2.43. The molecule has 1 unspecified atom stereocenters. The number of ether oxygens (including phenoxy) is 4. The summed E-state index contributed by atoms with van der Waals surface area (Å²) in [4.78, 5) is 26.1. The fourth-order valence-corrected chi connectivity index (χ4v) is 3.62. The first-order valence-corrected chi connectivity index (χ1v) is 10.6. The van der Waals surface area contributed by atoms with Gasteiger partial charge < -0.3 is 34.5 Å². The van der Waals surface area contributed by atoms with Gasteiger partial charge in [0.2, 0.25) is 17.6 Å². The molecule has 1 atom stereocenters. The average molecular weight is 505 g/mol. The Kier molecular flexibility index (Phi) is 8.39. The molecule has 3 aromatic rings. The number of carbonyl (C=O) groups is 2. The molecule has 0 saturated carbocycles. The SMILES string of the molecule is COc1ccc(-c2conc2-c2cc(OC)c(OC)c(OC)c2)cc1NC(=O)C(CC(N)=O)NCl. The van der Waals surface area contributed by atoms with Gasteiger partial charge in [0.15, 0.2) is 11.5 Å². The molecule has 0 aliphatic carbocycles. The number of anilines is 1. The van der Waals surface area contributed by atoms with Crippen LogP contribution in [0.25, 0.3) is 22.4 Å². The van der Waals surface area contributed by atoms with E-state index in [-0.39, 0.29) is 6.42 Å². The number of hydrogen-bond acceptors (Lipinski definition) is 9. The maximum absolute atomic E-state index is 12.6. The number of primary amides is 1. The van der Waals surface area contributed by atoms with Crippen molar-refractivity contribution in [3.05, 3.63) is 36.6 Å². The third kappa shape index (κ3) is 5.58. The van der Waals surface area contributed by atoms with Gasteiger partial charge in [-0.05, 0) is 41.6 Å². The molecule has 1 aromatic heterocycles. The van der Waals surface area contributed by atoms with Gasteiger partial charge in [-0.25, -0.2) is 4.84 Å². The Morgan fingerprint density at radius 2 is 1.66 bits per heavy atom. The zero-order valence-corrected chi connectivity index (χ0v) is 20.3. The van der Waals surface area contributed by atoms with Crippen molar-refractivity contribution >= 4 is 29.3 Å². The number of amides is 2. The number of hydrogen-bond donors (Lipinski definition) is 3. The van der Waals surface area contributed by atoms with E-state index >= 15 is 0 Å². The monoisotopic (exact) mass is 504 g/mol. The van der Waals surface area contributed by atoms with Crippen LogP contribution in [-0.4, -0.2) is 51.5 Å². The highest BCUT2D eigenvalue weighted by molar-refractivity contribution is 6.16. The molecule has 0 saturated heterocycles. The molecule has 3 rings (SSSR count). The molecule has 2 amide bonds. The maximum atomic E-state index is 12.6. The summed E-state index contributed by atoms with van der Waals surface area (Å²) in [5.74, 6) is 0.486. The van der Waals surface area contributed by atoms with Crippen LogP contribution in [-0.2, 0) is 9.59 Å². The lowest BCUT2D eigenvalue weighted by molar-refractivity contribution is -0.123. The number of nitrogens with one attached hydrogen (secondary N) is 2. The minimum absolute atomic E-state index is 0.283. The summed E-state index contributed by atoms with van der Waals surface area (Å²) in [6.07, 6.45) is 1.19. The fourth-order valence-electron chi connectivity index (χ4n) is 3.44. The quantitative estimate of drug-likeness (QED) is 0.335. The van der Waals surface area contributed by atoms with Crippen molar-refractivity contribution < 1.29 is 33.1 Å². The average Bonchev–Trinajstić information content (AvgIpc) is 3.36. The van der Waals surface area contributed by atoms with Crippen molar-refractivity contribution in [1.29, 1.82) is 0 Å². The minimum Gasteiger partial charge on any atom is -0.495 e. The Balaban J connectivity index is 2.03. The van der Waals surface area contributed by atoms with Crippen molar-refractivity contribution in [2.75, 3.05) is 33.8 Å². The highest BCUT2D eigenvalue weighted by Gasteiger charge is 2.23. The fraction of sp³-hybridized carbons (Fsp3) is 0.261. The van der Waals surface area contributed by atoms with E-state index in [1.807, 2.05) is 0 Å². The topological polar surface area (TPSA) is 147 Å². The highest BCUT2D eigenvalue weighted by atomic mass is 35.5. The first-order chi connectivity index (χ1) is 16.9. The zero-order valence-electron chi connectivity index (χ0n) is 19.5. The Morgan fingerprint density at radius 1 is 1.00 bits per heavy atom. The standard InChI is InChI=1S/C23H25ClN4O7/c1-31-17-6-5-12(7-15(17)26-23(30)16(27-24)10-20(25)29)14-11-35-28-21(14)13-8-18(32-2)22(34-4)19(9-13)33-3/h5-9,11,16,27H,10H2,1-4H3,(H2,25,29)(H,26,30). The van der Waals surface area contributed by atoms with E-state index in [1.165, 1.54) is 34.7 Å². The van der Waals surface area contributed by atoms with Gasteiger partial charge in [0.25, 0.3) is 0 Å². The van der Waals surface area contributed by atoms with Crippen LogP contribution in [0.5, 0.6) is 23.0 Å². The Labute approximate surface area is 206 Å². The Hall–Kier alpha value is -3.96. The van der Waals surface area contributed by atoms with Gasteiger partial charge in [-0.3, -0.25) is 9.59 Å². The Morgan fingerprint density at radius 3 is 2.20 bits per heavy atom. The van der Waals surface area contributed by atoms with E-state index in [2.05, 4.69) is 15.3 Å². The van der Waals surface area contributed by atoms with E-state index in [0.29, 0.717) is 51.1 Å². The second-order valence-corrected chi connectivity index (χ2v) is 7.45. The molecule has 0 aliphatic rings. The van der Waals surface area contributed by atoms with Crippen LogP contribution >= 0.6 is 11.8 Å². The van der Waals surface area contributed by atoms with Crippen LogP contribution < -0.4 is 34.8 Å². The van der Waals surface area contributed by atoms with Gasteiger partial charge in [0.1, 0.15) is 23.7 Å². The number of halogens is 1. The third-order valence-electron chi connectivity index (χ3n) is 5.13.